The summed E-state index contributed by atoms with van der Waals surface area (Å²) in [6.07, 6.45) is 0. The van der Waals surface area contributed by atoms with E-state index in [1.165, 1.54) is 11.7 Å². The monoisotopic (exact) mass is 299 g/mol. The van der Waals surface area contributed by atoms with E-state index < -0.39 is 11.5 Å². The molecule has 0 fully saturated rings. The van der Waals surface area contributed by atoms with E-state index in [9.17, 15) is 14.4 Å². The number of methoxy groups -OCH3 is 1. The Morgan fingerprint density at radius 2 is 1.95 bits per heavy atom. The van der Waals surface area contributed by atoms with Crippen LogP contribution < -0.4 is 10.3 Å². The topological polar surface area (TPSA) is 74.6 Å². The van der Waals surface area contributed by atoms with Gasteiger partial charge in [-0.2, -0.15) is 0 Å². The zero-order valence-electron chi connectivity index (χ0n) is 11.9. The van der Waals surface area contributed by atoms with Crippen LogP contribution >= 0.6 is 0 Å². The normalized spacial score (nSPS) is 12.4. The van der Waals surface area contributed by atoms with Crippen LogP contribution in [0.1, 0.15) is 26.3 Å². The largest absolute Gasteiger partial charge is 0.476 e. The van der Waals surface area contributed by atoms with Crippen molar-refractivity contribution in [3.8, 4) is 5.88 Å². The van der Waals surface area contributed by atoms with E-state index >= 15 is 0 Å². The molecule has 0 saturated carbocycles. The van der Waals surface area contributed by atoms with Crippen LogP contribution in [-0.2, 0) is 11.3 Å². The van der Waals surface area contributed by atoms with Crippen molar-refractivity contribution in [2.24, 2.45) is 0 Å². The van der Waals surface area contributed by atoms with Gasteiger partial charge in [-0.3, -0.25) is 14.2 Å². The van der Waals surface area contributed by atoms with Crippen LogP contribution in [0, 0.1) is 0 Å². The maximum atomic E-state index is 12.8. The molecule has 1 aliphatic rings. The van der Waals surface area contributed by atoms with Gasteiger partial charge in [-0.05, 0) is 0 Å². The van der Waals surface area contributed by atoms with Crippen molar-refractivity contribution < 1.29 is 19.1 Å². The van der Waals surface area contributed by atoms with Crippen LogP contribution in [0.25, 0.3) is 0 Å². The molecule has 0 N–H and O–H groups in total. The molecule has 22 heavy (non-hydrogen) atoms. The minimum atomic E-state index is -0.740. The molecule has 0 saturated heterocycles. The van der Waals surface area contributed by atoms with Crippen molar-refractivity contribution in [2.45, 2.75) is 6.54 Å². The zero-order chi connectivity index (χ0) is 15.7. The Balaban J connectivity index is 2.25. The number of hydrogen-bond donors (Lipinski definition) is 0. The number of pyridine rings is 1. The van der Waals surface area contributed by atoms with Gasteiger partial charge in [0, 0.05) is 11.6 Å². The fraction of sp³-hybridized carbons (Fsp3) is 0.188. The lowest BCUT2D eigenvalue weighted by atomic mass is 9.99. The Hall–Kier alpha value is -2.89. The number of carbonyl (C=O) groups excluding carboxylic acids is 2. The number of esters is 1. The second kappa shape index (κ2) is 5.48. The summed E-state index contributed by atoms with van der Waals surface area (Å²) in [7, 11) is 1.20. The minimum Gasteiger partial charge on any atom is -0.476 e. The highest BCUT2D eigenvalue weighted by Crippen LogP contribution is 2.27. The standard InChI is InChI=1S/C16H13NO5/c1-21-16(20)11-9-12(18)17-7-8-22-15(17)13(11)14(19)10-5-3-2-4-6-10/h2-6,9H,7-8H2,1H3. The molecule has 112 valence electrons. The molecule has 1 aromatic carbocycles. The van der Waals surface area contributed by atoms with Gasteiger partial charge in [0.2, 0.25) is 5.88 Å². The van der Waals surface area contributed by atoms with E-state index in [0.717, 1.165) is 6.07 Å². The highest BCUT2D eigenvalue weighted by atomic mass is 16.5. The predicted molar refractivity (Wildman–Crippen MR) is 77.4 cm³/mol. The average Bonchev–Trinajstić information content (AvgIpc) is 3.04. The first-order chi connectivity index (χ1) is 10.6. The van der Waals surface area contributed by atoms with Crippen molar-refractivity contribution >= 4 is 11.8 Å². The van der Waals surface area contributed by atoms with Crippen molar-refractivity contribution in [1.29, 1.82) is 0 Å². The maximum Gasteiger partial charge on any atom is 0.339 e. The summed E-state index contributed by atoms with van der Waals surface area (Å²) in [6, 6.07) is 9.64. The first kappa shape index (κ1) is 14.1. The number of aromatic nitrogens is 1. The first-order valence-electron chi connectivity index (χ1n) is 6.72. The third-order valence-corrected chi connectivity index (χ3v) is 3.48. The molecule has 0 bridgehead atoms. The van der Waals surface area contributed by atoms with Gasteiger partial charge in [0.25, 0.3) is 5.56 Å². The molecule has 1 aliphatic heterocycles. The average molecular weight is 299 g/mol. The highest BCUT2D eigenvalue weighted by Gasteiger charge is 2.29. The van der Waals surface area contributed by atoms with Crippen molar-refractivity contribution in [3.63, 3.8) is 0 Å². The van der Waals surface area contributed by atoms with E-state index in [1.807, 2.05) is 0 Å². The molecule has 0 spiro atoms. The van der Waals surface area contributed by atoms with Crippen LogP contribution in [0.4, 0.5) is 0 Å². The van der Waals surface area contributed by atoms with Crippen LogP contribution in [0.5, 0.6) is 5.88 Å². The van der Waals surface area contributed by atoms with E-state index in [1.54, 1.807) is 30.3 Å². The fourth-order valence-electron chi connectivity index (χ4n) is 2.44. The lowest BCUT2D eigenvalue weighted by molar-refractivity contribution is 0.0596. The molecule has 6 nitrogen and oxygen atoms in total. The number of rotatable bonds is 3. The Kier molecular flexibility index (Phi) is 3.50. The second-order valence-electron chi connectivity index (χ2n) is 4.76. The van der Waals surface area contributed by atoms with Crippen molar-refractivity contribution in [2.75, 3.05) is 13.7 Å². The van der Waals surface area contributed by atoms with Crippen LogP contribution in [0.3, 0.4) is 0 Å². The number of ether oxygens (including phenoxy) is 2. The Morgan fingerprint density at radius 1 is 1.23 bits per heavy atom. The summed E-state index contributed by atoms with van der Waals surface area (Å²) >= 11 is 0. The van der Waals surface area contributed by atoms with Gasteiger partial charge in [-0.1, -0.05) is 30.3 Å². The number of hydrogen-bond acceptors (Lipinski definition) is 5. The Bertz CT molecular complexity index is 807. The molecule has 6 heteroatoms. The lowest BCUT2D eigenvalue weighted by Gasteiger charge is -2.12. The molecule has 3 rings (SSSR count). The highest BCUT2D eigenvalue weighted by molar-refractivity contribution is 6.15. The van der Waals surface area contributed by atoms with E-state index in [-0.39, 0.29) is 29.4 Å². The molecule has 0 amide bonds. The minimum absolute atomic E-state index is 0.0650. The molecule has 0 aliphatic carbocycles. The third-order valence-electron chi connectivity index (χ3n) is 3.48. The molecule has 0 atom stereocenters. The fourth-order valence-corrected chi connectivity index (χ4v) is 2.44. The van der Waals surface area contributed by atoms with Crippen LogP contribution in [0.15, 0.2) is 41.2 Å². The van der Waals surface area contributed by atoms with E-state index in [0.29, 0.717) is 12.1 Å². The molecule has 1 aromatic heterocycles. The molecule has 0 unspecified atom stereocenters. The first-order valence-corrected chi connectivity index (χ1v) is 6.72. The summed E-state index contributed by atoms with van der Waals surface area (Å²) in [5.74, 6) is -0.997. The second-order valence-corrected chi connectivity index (χ2v) is 4.76. The zero-order valence-corrected chi connectivity index (χ0v) is 11.9. The van der Waals surface area contributed by atoms with Gasteiger partial charge in [0.05, 0.1) is 24.8 Å². The molecule has 0 radical (unpaired) electrons. The summed E-state index contributed by atoms with van der Waals surface area (Å²) in [4.78, 5) is 36.7. The predicted octanol–water partition coefficient (Wildman–Crippen LogP) is 1.26. The van der Waals surface area contributed by atoms with Gasteiger partial charge < -0.3 is 9.47 Å². The smallest absolute Gasteiger partial charge is 0.339 e. The van der Waals surface area contributed by atoms with Gasteiger partial charge in [-0.15, -0.1) is 0 Å². The lowest BCUT2D eigenvalue weighted by Crippen LogP contribution is -2.23. The summed E-state index contributed by atoms with van der Waals surface area (Å²) < 4.78 is 11.5. The van der Waals surface area contributed by atoms with E-state index in [4.69, 9.17) is 4.74 Å². The third kappa shape index (κ3) is 2.18. The SMILES string of the molecule is COC(=O)c1cc(=O)n2c(c1C(=O)c1ccccc1)OCC2. The number of benzene rings is 1. The Labute approximate surface area is 125 Å². The molecular formula is C16H13NO5. The number of carbonyl (C=O) groups is 2. The number of nitrogens with zero attached hydrogens (tertiary/aromatic N) is 1. The summed E-state index contributed by atoms with van der Waals surface area (Å²) in [5, 5.41) is 0. The van der Waals surface area contributed by atoms with E-state index in [2.05, 4.69) is 4.74 Å². The van der Waals surface area contributed by atoms with Gasteiger partial charge in [0.1, 0.15) is 6.61 Å². The van der Waals surface area contributed by atoms with Gasteiger partial charge >= 0.3 is 5.97 Å². The van der Waals surface area contributed by atoms with Gasteiger partial charge in [0.15, 0.2) is 5.78 Å². The number of ketones is 1. The van der Waals surface area contributed by atoms with Crippen molar-refractivity contribution in [1.82, 2.24) is 4.57 Å². The molecule has 2 aromatic rings. The van der Waals surface area contributed by atoms with Crippen molar-refractivity contribution in [3.05, 3.63) is 63.4 Å². The number of fused-ring (bicyclic) bond motifs is 1. The molecular weight excluding hydrogens is 286 g/mol. The summed E-state index contributed by atoms with van der Waals surface area (Å²) in [5.41, 5.74) is 0.00627. The van der Waals surface area contributed by atoms with Crippen LogP contribution in [-0.4, -0.2) is 30.0 Å². The Morgan fingerprint density at radius 3 is 2.64 bits per heavy atom. The quantitative estimate of drug-likeness (QED) is 0.630. The van der Waals surface area contributed by atoms with Crippen LogP contribution in [0.2, 0.25) is 0 Å². The van der Waals surface area contributed by atoms with Gasteiger partial charge in [-0.25, -0.2) is 4.79 Å². The molecule has 2 heterocycles. The maximum absolute atomic E-state index is 12.8. The summed E-state index contributed by atoms with van der Waals surface area (Å²) in [6.45, 7) is 0.639.